The number of H-pyrrole nitrogens is 1. The average molecular weight is 407 g/mol. The minimum atomic E-state index is -0.410. The van der Waals surface area contributed by atoms with Crippen molar-refractivity contribution < 1.29 is 4.79 Å². The van der Waals surface area contributed by atoms with Gasteiger partial charge in [-0.05, 0) is 26.0 Å². The Hall–Kier alpha value is -2.02. The van der Waals surface area contributed by atoms with Crippen LogP contribution in [0.15, 0.2) is 47.6 Å². The summed E-state index contributed by atoms with van der Waals surface area (Å²) in [7, 11) is 0. The van der Waals surface area contributed by atoms with E-state index in [2.05, 4.69) is 20.5 Å². The third-order valence-electron chi connectivity index (χ3n) is 3.65. The van der Waals surface area contributed by atoms with E-state index in [1.165, 1.54) is 17.3 Å². The van der Waals surface area contributed by atoms with E-state index in [9.17, 15) is 4.79 Å². The fraction of sp³-hybridized carbons (Fsp3) is 0.167. The zero-order valence-electron chi connectivity index (χ0n) is 14.1. The number of nitrogens with zero attached hydrogens (tertiary/aromatic N) is 2. The number of benzene rings is 2. The molecule has 1 heterocycles. The highest BCUT2D eigenvalue weighted by atomic mass is 35.5. The van der Waals surface area contributed by atoms with Gasteiger partial charge in [0.15, 0.2) is 5.82 Å². The van der Waals surface area contributed by atoms with E-state index >= 15 is 0 Å². The van der Waals surface area contributed by atoms with Crippen LogP contribution in [0.4, 0.5) is 5.69 Å². The van der Waals surface area contributed by atoms with E-state index < -0.39 is 5.25 Å². The van der Waals surface area contributed by atoms with Crippen molar-refractivity contribution in [2.75, 3.05) is 5.32 Å². The second-order valence-electron chi connectivity index (χ2n) is 5.68. The van der Waals surface area contributed by atoms with Crippen LogP contribution in [-0.2, 0) is 4.79 Å². The van der Waals surface area contributed by atoms with E-state index in [0.717, 1.165) is 5.56 Å². The second kappa shape index (κ2) is 8.12. The SMILES string of the molecule is Cc1ccc(-c2nc(S[C@H](C)C(=O)Nc3cccc(Cl)c3Cl)n[nH]2)cc1. The topological polar surface area (TPSA) is 70.7 Å². The molecule has 0 spiro atoms. The Morgan fingerprint density at radius 2 is 1.92 bits per heavy atom. The number of hydrogen-bond donors (Lipinski definition) is 2. The molecule has 5 nitrogen and oxygen atoms in total. The molecule has 2 N–H and O–H groups in total. The second-order valence-corrected chi connectivity index (χ2v) is 7.78. The van der Waals surface area contributed by atoms with Crippen LogP contribution in [-0.4, -0.2) is 26.3 Å². The summed E-state index contributed by atoms with van der Waals surface area (Å²) in [6.45, 7) is 3.80. The zero-order chi connectivity index (χ0) is 18.7. The van der Waals surface area contributed by atoms with E-state index in [0.29, 0.717) is 26.7 Å². The summed E-state index contributed by atoms with van der Waals surface area (Å²) >= 11 is 13.3. The molecule has 134 valence electrons. The van der Waals surface area contributed by atoms with Crippen LogP contribution in [0, 0.1) is 6.92 Å². The molecule has 1 amide bonds. The van der Waals surface area contributed by atoms with Crippen LogP contribution >= 0.6 is 35.0 Å². The van der Waals surface area contributed by atoms with Crippen LogP contribution in [0.25, 0.3) is 11.4 Å². The number of halogens is 2. The van der Waals surface area contributed by atoms with E-state index in [4.69, 9.17) is 23.2 Å². The smallest absolute Gasteiger partial charge is 0.237 e. The van der Waals surface area contributed by atoms with E-state index in [1.807, 2.05) is 31.2 Å². The van der Waals surface area contributed by atoms with Gasteiger partial charge in [-0.15, -0.1) is 5.10 Å². The van der Waals surface area contributed by atoms with Crippen molar-refractivity contribution in [1.82, 2.24) is 15.2 Å². The molecule has 3 rings (SSSR count). The Morgan fingerprint density at radius 1 is 1.19 bits per heavy atom. The van der Waals surface area contributed by atoms with Gasteiger partial charge in [-0.1, -0.05) is 70.9 Å². The summed E-state index contributed by atoms with van der Waals surface area (Å²) in [4.78, 5) is 16.8. The summed E-state index contributed by atoms with van der Waals surface area (Å²) in [5.41, 5.74) is 2.59. The van der Waals surface area contributed by atoms with Gasteiger partial charge in [-0.2, -0.15) is 0 Å². The maximum atomic E-state index is 12.4. The van der Waals surface area contributed by atoms with Gasteiger partial charge in [0.2, 0.25) is 11.1 Å². The Bertz CT molecular complexity index is 927. The molecule has 0 saturated heterocycles. The standard InChI is InChI=1S/C18H16Cl2N4OS/c1-10-6-8-12(9-7-10)16-22-18(24-23-16)26-11(2)17(25)21-14-5-3-4-13(19)15(14)20/h3-9,11H,1-2H3,(H,21,25)(H,22,23,24)/t11-/m1/s1. The highest BCUT2D eigenvalue weighted by Gasteiger charge is 2.19. The van der Waals surface area contributed by atoms with Crippen molar-refractivity contribution >= 4 is 46.6 Å². The molecule has 26 heavy (non-hydrogen) atoms. The van der Waals surface area contributed by atoms with Crippen LogP contribution in [0.1, 0.15) is 12.5 Å². The van der Waals surface area contributed by atoms with Gasteiger partial charge < -0.3 is 5.32 Å². The van der Waals surface area contributed by atoms with Gasteiger partial charge in [0.1, 0.15) is 0 Å². The number of nitrogens with one attached hydrogen (secondary N) is 2. The largest absolute Gasteiger partial charge is 0.324 e. The van der Waals surface area contributed by atoms with Crippen LogP contribution in [0.2, 0.25) is 10.0 Å². The summed E-state index contributed by atoms with van der Waals surface area (Å²) in [6.07, 6.45) is 0. The molecule has 0 aliphatic rings. The average Bonchev–Trinajstić information content (AvgIpc) is 3.08. The van der Waals surface area contributed by atoms with Crippen molar-refractivity contribution in [3.63, 3.8) is 0 Å². The highest BCUT2D eigenvalue weighted by Crippen LogP contribution is 2.30. The molecule has 0 bridgehead atoms. The minimum absolute atomic E-state index is 0.208. The molecule has 0 saturated carbocycles. The molecule has 8 heteroatoms. The Labute approximate surface area is 165 Å². The number of anilines is 1. The van der Waals surface area contributed by atoms with E-state index in [1.54, 1.807) is 25.1 Å². The zero-order valence-corrected chi connectivity index (χ0v) is 16.4. The monoisotopic (exact) mass is 406 g/mol. The highest BCUT2D eigenvalue weighted by molar-refractivity contribution is 8.00. The lowest BCUT2D eigenvalue weighted by atomic mass is 10.1. The van der Waals surface area contributed by atoms with Crippen molar-refractivity contribution in [2.24, 2.45) is 0 Å². The number of rotatable bonds is 5. The first kappa shape index (κ1) is 18.8. The van der Waals surface area contributed by atoms with Crippen LogP contribution < -0.4 is 5.32 Å². The summed E-state index contributed by atoms with van der Waals surface area (Å²) in [6, 6.07) is 13.1. The van der Waals surface area contributed by atoms with Crippen molar-refractivity contribution in [3.8, 4) is 11.4 Å². The molecule has 1 atom stereocenters. The predicted octanol–water partition coefficient (Wildman–Crippen LogP) is 5.21. The first-order valence-electron chi connectivity index (χ1n) is 7.85. The van der Waals surface area contributed by atoms with Gasteiger partial charge in [-0.3, -0.25) is 9.89 Å². The summed E-state index contributed by atoms with van der Waals surface area (Å²) in [5, 5.41) is 10.6. The molecule has 0 aliphatic carbocycles. The Balaban J connectivity index is 1.66. The molecule has 1 aromatic heterocycles. The van der Waals surface area contributed by atoms with Crippen molar-refractivity contribution in [3.05, 3.63) is 58.1 Å². The number of thioether (sulfide) groups is 1. The quantitative estimate of drug-likeness (QED) is 0.570. The Morgan fingerprint density at radius 3 is 2.65 bits per heavy atom. The predicted molar refractivity (Wildman–Crippen MR) is 107 cm³/mol. The molecule has 2 aromatic carbocycles. The first-order chi connectivity index (χ1) is 12.4. The van der Waals surface area contributed by atoms with Crippen LogP contribution in [0.3, 0.4) is 0 Å². The number of hydrogen-bond acceptors (Lipinski definition) is 4. The number of amides is 1. The number of carbonyl (C=O) groups is 1. The number of carbonyl (C=O) groups excluding carboxylic acids is 1. The van der Waals surface area contributed by atoms with Crippen molar-refractivity contribution in [1.29, 1.82) is 0 Å². The normalized spacial score (nSPS) is 12.0. The maximum Gasteiger partial charge on any atom is 0.237 e. The van der Waals surface area contributed by atoms with Gasteiger partial charge >= 0.3 is 0 Å². The molecule has 3 aromatic rings. The molecular formula is C18H16Cl2N4OS. The molecule has 0 radical (unpaired) electrons. The summed E-state index contributed by atoms with van der Waals surface area (Å²) in [5.74, 6) is 0.457. The number of aryl methyl sites for hydroxylation is 1. The Kier molecular flexibility index (Phi) is 5.86. The maximum absolute atomic E-state index is 12.4. The van der Waals surface area contributed by atoms with Crippen LogP contribution in [0.5, 0.6) is 0 Å². The third-order valence-corrected chi connectivity index (χ3v) is 5.43. The summed E-state index contributed by atoms with van der Waals surface area (Å²) < 4.78 is 0. The molecule has 0 aliphatic heterocycles. The van der Waals surface area contributed by atoms with Gasteiger partial charge in [0.25, 0.3) is 0 Å². The lowest BCUT2D eigenvalue weighted by molar-refractivity contribution is -0.115. The third kappa shape index (κ3) is 4.38. The molecule has 0 unspecified atom stereocenters. The van der Waals surface area contributed by atoms with Gasteiger partial charge in [-0.25, -0.2) is 4.98 Å². The van der Waals surface area contributed by atoms with Gasteiger partial charge in [0.05, 0.1) is 21.0 Å². The van der Waals surface area contributed by atoms with E-state index in [-0.39, 0.29) is 5.91 Å². The fourth-order valence-electron chi connectivity index (χ4n) is 2.19. The molecular weight excluding hydrogens is 391 g/mol. The first-order valence-corrected chi connectivity index (χ1v) is 9.48. The lowest BCUT2D eigenvalue weighted by Crippen LogP contribution is -2.22. The van der Waals surface area contributed by atoms with Gasteiger partial charge in [0, 0.05) is 5.56 Å². The number of aromatic amines is 1. The minimum Gasteiger partial charge on any atom is -0.324 e. The lowest BCUT2D eigenvalue weighted by Gasteiger charge is -2.11. The fourth-order valence-corrected chi connectivity index (χ4v) is 3.26. The van der Waals surface area contributed by atoms with Crippen molar-refractivity contribution in [2.45, 2.75) is 24.3 Å². The molecule has 0 fully saturated rings. The number of aromatic nitrogens is 3.